The molecule has 1 aliphatic carbocycles. The van der Waals surface area contributed by atoms with Gasteiger partial charge in [-0.2, -0.15) is 0 Å². The molecule has 204 valence electrons. The topological polar surface area (TPSA) is 83.5 Å². The Labute approximate surface area is 235 Å². The molecule has 1 aromatic carbocycles. The highest BCUT2D eigenvalue weighted by Crippen LogP contribution is 2.32. The first-order chi connectivity index (χ1) is 19.7. The van der Waals surface area contributed by atoms with E-state index in [9.17, 15) is 4.79 Å². The van der Waals surface area contributed by atoms with E-state index in [0.29, 0.717) is 11.6 Å². The fraction of sp³-hybridized carbons (Fsp3) is 0.312. The van der Waals surface area contributed by atoms with Crippen molar-refractivity contribution in [2.75, 3.05) is 51.8 Å². The second-order valence-corrected chi connectivity index (χ2v) is 10.4. The monoisotopic (exact) mass is 534 g/mol. The molecule has 4 aromatic rings. The van der Waals surface area contributed by atoms with Crippen LogP contribution in [0.5, 0.6) is 0 Å². The van der Waals surface area contributed by atoms with Crippen molar-refractivity contribution in [3.05, 3.63) is 84.8 Å². The van der Waals surface area contributed by atoms with Crippen molar-refractivity contribution in [2.45, 2.75) is 18.9 Å². The number of nitrogens with zero attached hydrogens (tertiary/aromatic N) is 5. The lowest BCUT2D eigenvalue weighted by Crippen LogP contribution is -2.49. The first kappa shape index (κ1) is 26.1. The zero-order valence-electron chi connectivity index (χ0n) is 22.8. The van der Waals surface area contributed by atoms with Crippen molar-refractivity contribution < 1.29 is 9.53 Å². The number of amides is 1. The van der Waals surface area contributed by atoms with Crippen LogP contribution in [-0.4, -0.2) is 83.1 Å². The molecule has 6 rings (SSSR count). The Morgan fingerprint density at radius 3 is 2.38 bits per heavy atom. The Morgan fingerprint density at radius 1 is 0.900 bits per heavy atom. The quantitative estimate of drug-likeness (QED) is 0.329. The number of methoxy groups -OCH3 is 1. The highest BCUT2D eigenvalue weighted by Gasteiger charge is 2.23. The van der Waals surface area contributed by atoms with Crippen LogP contribution in [-0.2, 0) is 4.74 Å². The van der Waals surface area contributed by atoms with Gasteiger partial charge < -0.3 is 15.0 Å². The summed E-state index contributed by atoms with van der Waals surface area (Å²) in [4.78, 5) is 31.3. The molecule has 40 heavy (non-hydrogen) atoms. The molecule has 8 heteroatoms. The van der Waals surface area contributed by atoms with Crippen LogP contribution in [0.15, 0.2) is 79.3 Å². The number of rotatable bonds is 9. The minimum absolute atomic E-state index is 0.0827. The summed E-state index contributed by atoms with van der Waals surface area (Å²) in [6, 6.07) is 20.5. The standard InChI is InChI=1S/C32H34N6O2/c1-40-17-16-37-12-14-38(15-13-37)32(39)24-7-5-23(6-8-24)26-18-27(22-33-21-26)25-19-30(29-4-2-3-11-34-29)36-31(20-25)35-28-9-10-28/h2-8,11,18-22,28H,9-10,12-17H2,1H3,(H,35,36). The van der Waals surface area contributed by atoms with E-state index in [1.807, 2.05) is 59.8 Å². The summed E-state index contributed by atoms with van der Waals surface area (Å²) in [5.41, 5.74) is 6.43. The average molecular weight is 535 g/mol. The maximum atomic E-state index is 13.1. The summed E-state index contributed by atoms with van der Waals surface area (Å²) in [6.45, 7) is 4.85. The molecule has 1 saturated carbocycles. The number of aromatic nitrogens is 3. The van der Waals surface area contributed by atoms with Gasteiger partial charge in [-0.3, -0.25) is 19.7 Å². The smallest absolute Gasteiger partial charge is 0.253 e. The molecule has 0 spiro atoms. The van der Waals surface area contributed by atoms with Crippen molar-refractivity contribution in [3.8, 4) is 33.6 Å². The SMILES string of the molecule is COCCN1CCN(C(=O)c2ccc(-c3cncc(-c4cc(NC5CC5)nc(-c5ccccn5)c4)c3)cc2)CC1. The van der Waals surface area contributed by atoms with Gasteiger partial charge in [-0.05, 0) is 66.4 Å². The fourth-order valence-corrected chi connectivity index (χ4v) is 4.99. The van der Waals surface area contributed by atoms with Gasteiger partial charge in [-0.1, -0.05) is 18.2 Å². The number of nitrogens with one attached hydrogen (secondary N) is 1. The normalized spacial score (nSPS) is 15.7. The van der Waals surface area contributed by atoms with Gasteiger partial charge in [0, 0.05) is 81.2 Å². The van der Waals surface area contributed by atoms with E-state index in [-0.39, 0.29) is 5.91 Å². The summed E-state index contributed by atoms with van der Waals surface area (Å²) < 4.78 is 5.18. The molecular formula is C32H34N6O2. The van der Waals surface area contributed by atoms with E-state index >= 15 is 0 Å². The summed E-state index contributed by atoms with van der Waals surface area (Å²) >= 11 is 0. The molecule has 1 saturated heterocycles. The lowest BCUT2D eigenvalue weighted by Gasteiger charge is -2.34. The van der Waals surface area contributed by atoms with Crippen LogP contribution in [0.25, 0.3) is 33.6 Å². The van der Waals surface area contributed by atoms with Crippen molar-refractivity contribution in [1.82, 2.24) is 24.8 Å². The minimum Gasteiger partial charge on any atom is -0.383 e. The van der Waals surface area contributed by atoms with Gasteiger partial charge in [0.15, 0.2) is 0 Å². The van der Waals surface area contributed by atoms with Crippen LogP contribution < -0.4 is 5.32 Å². The highest BCUT2D eigenvalue weighted by atomic mass is 16.5. The summed E-state index contributed by atoms with van der Waals surface area (Å²) in [6.07, 6.45) is 7.88. The second-order valence-electron chi connectivity index (χ2n) is 10.4. The molecular weight excluding hydrogens is 500 g/mol. The van der Waals surface area contributed by atoms with Crippen molar-refractivity contribution >= 4 is 11.7 Å². The Morgan fingerprint density at radius 2 is 1.68 bits per heavy atom. The van der Waals surface area contributed by atoms with Crippen LogP contribution >= 0.6 is 0 Å². The summed E-state index contributed by atoms with van der Waals surface area (Å²) in [7, 11) is 1.72. The third-order valence-electron chi connectivity index (χ3n) is 7.49. The van der Waals surface area contributed by atoms with Gasteiger partial charge in [0.2, 0.25) is 0 Å². The number of piperazine rings is 1. The third-order valence-corrected chi connectivity index (χ3v) is 7.49. The number of hydrogen-bond acceptors (Lipinski definition) is 7. The fourth-order valence-electron chi connectivity index (χ4n) is 4.99. The van der Waals surface area contributed by atoms with Crippen LogP contribution in [0.3, 0.4) is 0 Å². The van der Waals surface area contributed by atoms with Gasteiger partial charge in [0.1, 0.15) is 5.82 Å². The second kappa shape index (κ2) is 11.9. The van der Waals surface area contributed by atoms with E-state index in [4.69, 9.17) is 9.72 Å². The van der Waals surface area contributed by atoms with Crippen LogP contribution in [0.2, 0.25) is 0 Å². The zero-order valence-corrected chi connectivity index (χ0v) is 22.8. The molecule has 1 aliphatic heterocycles. The van der Waals surface area contributed by atoms with Gasteiger partial charge in [0.25, 0.3) is 5.91 Å². The molecule has 2 fully saturated rings. The first-order valence-electron chi connectivity index (χ1n) is 13.9. The number of anilines is 1. The molecule has 0 bridgehead atoms. The predicted molar refractivity (Wildman–Crippen MR) is 157 cm³/mol. The van der Waals surface area contributed by atoms with E-state index < -0.39 is 0 Å². The molecule has 3 aromatic heterocycles. The van der Waals surface area contributed by atoms with E-state index in [0.717, 1.165) is 78.8 Å². The maximum absolute atomic E-state index is 13.1. The first-order valence-corrected chi connectivity index (χ1v) is 13.9. The van der Waals surface area contributed by atoms with Crippen LogP contribution in [0, 0.1) is 0 Å². The number of pyridine rings is 3. The van der Waals surface area contributed by atoms with E-state index in [1.165, 1.54) is 12.8 Å². The molecule has 8 nitrogen and oxygen atoms in total. The number of ether oxygens (including phenoxy) is 1. The predicted octanol–water partition coefficient (Wildman–Crippen LogP) is 4.85. The Bertz CT molecular complexity index is 1450. The number of carbonyl (C=O) groups excluding carboxylic acids is 1. The molecule has 0 unspecified atom stereocenters. The molecule has 0 radical (unpaired) electrons. The third kappa shape index (κ3) is 6.19. The van der Waals surface area contributed by atoms with Crippen molar-refractivity contribution in [1.29, 1.82) is 0 Å². The van der Waals surface area contributed by atoms with E-state index in [2.05, 4.69) is 38.4 Å². The van der Waals surface area contributed by atoms with Crippen LogP contribution in [0.1, 0.15) is 23.2 Å². The zero-order chi connectivity index (χ0) is 27.3. The summed E-state index contributed by atoms with van der Waals surface area (Å²) in [5, 5.41) is 3.53. The number of benzene rings is 1. The Balaban J connectivity index is 1.20. The van der Waals surface area contributed by atoms with Gasteiger partial charge >= 0.3 is 0 Å². The van der Waals surface area contributed by atoms with Gasteiger partial charge in [-0.25, -0.2) is 4.98 Å². The molecule has 2 aliphatic rings. The number of carbonyl (C=O) groups is 1. The Kier molecular flexibility index (Phi) is 7.79. The highest BCUT2D eigenvalue weighted by molar-refractivity contribution is 5.95. The summed E-state index contributed by atoms with van der Waals surface area (Å²) in [5.74, 6) is 0.938. The molecule has 1 N–H and O–H groups in total. The van der Waals surface area contributed by atoms with Gasteiger partial charge in [-0.15, -0.1) is 0 Å². The van der Waals surface area contributed by atoms with Gasteiger partial charge in [0.05, 0.1) is 18.0 Å². The van der Waals surface area contributed by atoms with Crippen molar-refractivity contribution in [2.24, 2.45) is 0 Å². The van der Waals surface area contributed by atoms with Crippen molar-refractivity contribution in [3.63, 3.8) is 0 Å². The molecule has 0 atom stereocenters. The Hall–Kier alpha value is -4.14. The average Bonchev–Trinajstić information content (AvgIpc) is 3.84. The number of hydrogen-bond donors (Lipinski definition) is 1. The van der Waals surface area contributed by atoms with E-state index in [1.54, 1.807) is 13.3 Å². The van der Waals surface area contributed by atoms with Crippen LogP contribution in [0.4, 0.5) is 5.82 Å². The molecule has 1 amide bonds. The minimum atomic E-state index is 0.0827. The largest absolute Gasteiger partial charge is 0.383 e. The lowest BCUT2D eigenvalue weighted by molar-refractivity contribution is 0.0594. The molecule has 4 heterocycles. The lowest BCUT2D eigenvalue weighted by atomic mass is 10.0. The maximum Gasteiger partial charge on any atom is 0.253 e.